The molecule has 5 nitrogen and oxygen atoms in total. The number of hydrogen-bond donors (Lipinski definition) is 2. The molecular weight excluding hydrogens is 232 g/mol. The first-order valence-corrected chi connectivity index (χ1v) is 6.01. The third kappa shape index (κ3) is 2.61. The fourth-order valence-electron chi connectivity index (χ4n) is 1.74. The van der Waals surface area contributed by atoms with Crippen molar-refractivity contribution in [1.82, 2.24) is 0 Å². The van der Waals surface area contributed by atoms with E-state index >= 15 is 0 Å². The van der Waals surface area contributed by atoms with Crippen molar-refractivity contribution in [3.63, 3.8) is 0 Å². The molecular formula is C13H16N2O3. The van der Waals surface area contributed by atoms with Gasteiger partial charge in [0.05, 0.1) is 5.69 Å². The maximum absolute atomic E-state index is 11.5. The SMILES string of the molecule is CCCC(=O)Nc1ccc2c(c1)NC(=O)C(C)O2. The third-order valence-electron chi connectivity index (χ3n) is 2.67. The van der Waals surface area contributed by atoms with Crippen LogP contribution in [-0.4, -0.2) is 17.9 Å². The zero-order valence-corrected chi connectivity index (χ0v) is 10.4. The minimum Gasteiger partial charge on any atom is -0.479 e. The Balaban J connectivity index is 2.15. The van der Waals surface area contributed by atoms with Crippen molar-refractivity contribution in [2.24, 2.45) is 0 Å². The monoisotopic (exact) mass is 248 g/mol. The lowest BCUT2D eigenvalue weighted by Gasteiger charge is -2.23. The Morgan fingerprint density at radius 3 is 3.00 bits per heavy atom. The van der Waals surface area contributed by atoms with Crippen LogP contribution in [0.15, 0.2) is 18.2 Å². The number of rotatable bonds is 3. The van der Waals surface area contributed by atoms with Gasteiger partial charge in [0.1, 0.15) is 5.75 Å². The lowest BCUT2D eigenvalue weighted by molar-refractivity contribution is -0.122. The van der Waals surface area contributed by atoms with Crippen molar-refractivity contribution in [3.05, 3.63) is 18.2 Å². The highest BCUT2D eigenvalue weighted by Gasteiger charge is 2.23. The predicted molar refractivity (Wildman–Crippen MR) is 68.7 cm³/mol. The molecule has 96 valence electrons. The summed E-state index contributed by atoms with van der Waals surface area (Å²) < 4.78 is 5.43. The molecule has 1 heterocycles. The largest absolute Gasteiger partial charge is 0.479 e. The van der Waals surface area contributed by atoms with E-state index in [0.29, 0.717) is 23.5 Å². The molecule has 1 unspecified atom stereocenters. The second-order valence-corrected chi connectivity index (χ2v) is 4.26. The molecule has 5 heteroatoms. The van der Waals surface area contributed by atoms with Gasteiger partial charge < -0.3 is 15.4 Å². The Labute approximate surface area is 106 Å². The van der Waals surface area contributed by atoms with E-state index in [-0.39, 0.29) is 11.8 Å². The molecule has 0 saturated heterocycles. The van der Waals surface area contributed by atoms with E-state index in [0.717, 1.165) is 6.42 Å². The maximum Gasteiger partial charge on any atom is 0.265 e. The molecule has 2 amide bonds. The van der Waals surface area contributed by atoms with E-state index < -0.39 is 6.10 Å². The van der Waals surface area contributed by atoms with Crippen LogP contribution in [-0.2, 0) is 9.59 Å². The molecule has 1 aliphatic heterocycles. The van der Waals surface area contributed by atoms with Gasteiger partial charge in [-0.2, -0.15) is 0 Å². The second-order valence-electron chi connectivity index (χ2n) is 4.26. The number of carbonyl (C=O) groups excluding carboxylic acids is 2. The highest BCUT2D eigenvalue weighted by atomic mass is 16.5. The highest BCUT2D eigenvalue weighted by molar-refractivity contribution is 5.99. The normalized spacial score (nSPS) is 17.4. The number of nitrogens with one attached hydrogen (secondary N) is 2. The van der Waals surface area contributed by atoms with Crippen LogP contribution >= 0.6 is 0 Å². The third-order valence-corrected chi connectivity index (χ3v) is 2.67. The number of anilines is 2. The summed E-state index contributed by atoms with van der Waals surface area (Å²) in [6.45, 7) is 3.64. The first-order valence-electron chi connectivity index (χ1n) is 6.01. The van der Waals surface area contributed by atoms with Gasteiger partial charge in [0.15, 0.2) is 6.10 Å². The Kier molecular flexibility index (Phi) is 3.50. The number of benzene rings is 1. The molecule has 0 aliphatic carbocycles. The van der Waals surface area contributed by atoms with Crippen LogP contribution in [0.1, 0.15) is 26.7 Å². The number of fused-ring (bicyclic) bond motifs is 1. The number of hydrogen-bond acceptors (Lipinski definition) is 3. The summed E-state index contributed by atoms with van der Waals surface area (Å²) >= 11 is 0. The van der Waals surface area contributed by atoms with Crippen molar-refractivity contribution in [2.45, 2.75) is 32.8 Å². The van der Waals surface area contributed by atoms with Crippen molar-refractivity contribution in [3.8, 4) is 5.75 Å². The molecule has 0 saturated carbocycles. The van der Waals surface area contributed by atoms with Crippen molar-refractivity contribution < 1.29 is 14.3 Å². The molecule has 1 atom stereocenters. The quantitative estimate of drug-likeness (QED) is 0.861. The highest BCUT2D eigenvalue weighted by Crippen LogP contribution is 2.32. The lowest BCUT2D eigenvalue weighted by atomic mass is 10.2. The predicted octanol–water partition coefficient (Wildman–Crippen LogP) is 2.14. The molecule has 0 radical (unpaired) electrons. The van der Waals surface area contributed by atoms with Gasteiger partial charge in [0, 0.05) is 12.1 Å². The van der Waals surface area contributed by atoms with Gasteiger partial charge in [-0.25, -0.2) is 0 Å². The summed E-state index contributed by atoms with van der Waals surface area (Å²) in [5.74, 6) is 0.406. The summed E-state index contributed by atoms with van der Waals surface area (Å²) in [4.78, 5) is 22.9. The van der Waals surface area contributed by atoms with Crippen LogP contribution in [0.4, 0.5) is 11.4 Å². The minimum atomic E-state index is -0.488. The van der Waals surface area contributed by atoms with Gasteiger partial charge in [0.25, 0.3) is 5.91 Å². The van der Waals surface area contributed by atoms with Gasteiger partial charge in [-0.1, -0.05) is 6.92 Å². The smallest absolute Gasteiger partial charge is 0.265 e. The van der Waals surface area contributed by atoms with Gasteiger partial charge in [-0.3, -0.25) is 9.59 Å². The molecule has 1 aliphatic rings. The number of carbonyl (C=O) groups is 2. The molecule has 2 rings (SSSR count). The van der Waals surface area contributed by atoms with Crippen molar-refractivity contribution in [1.29, 1.82) is 0 Å². The zero-order chi connectivity index (χ0) is 13.1. The summed E-state index contributed by atoms with van der Waals surface area (Å²) in [7, 11) is 0. The molecule has 2 N–H and O–H groups in total. The molecule has 0 fully saturated rings. The van der Waals surface area contributed by atoms with Crippen LogP contribution in [0, 0.1) is 0 Å². The minimum absolute atomic E-state index is 0.0335. The van der Waals surface area contributed by atoms with Gasteiger partial charge in [-0.05, 0) is 31.5 Å². The van der Waals surface area contributed by atoms with Crippen molar-refractivity contribution >= 4 is 23.2 Å². The molecule has 0 aromatic heterocycles. The summed E-state index contributed by atoms with van der Waals surface area (Å²) in [5, 5.41) is 5.51. The standard InChI is InChI=1S/C13H16N2O3/c1-3-4-12(16)14-9-5-6-11-10(7-9)15-13(17)8(2)18-11/h5-8H,3-4H2,1-2H3,(H,14,16)(H,15,17). The molecule has 0 bridgehead atoms. The van der Waals surface area contributed by atoms with Gasteiger partial charge >= 0.3 is 0 Å². The van der Waals surface area contributed by atoms with Crippen LogP contribution in [0.25, 0.3) is 0 Å². The zero-order valence-electron chi connectivity index (χ0n) is 10.4. The average molecular weight is 248 g/mol. The molecule has 1 aromatic carbocycles. The van der Waals surface area contributed by atoms with Crippen LogP contribution in [0.2, 0.25) is 0 Å². The molecule has 18 heavy (non-hydrogen) atoms. The Bertz CT molecular complexity index is 485. The van der Waals surface area contributed by atoms with Crippen LogP contribution in [0.3, 0.4) is 0 Å². The van der Waals surface area contributed by atoms with E-state index in [4.69, 9.17) is 4.74 Å². The van der Waals surface area contributed by atoms with E-state index in [2.05, 4.69) is 10.6 Å². The summed E-state index contributed by atoms with van der Waals surface area (Å²) in [6, 6.07) is 5.20. The topological polar surface area (TPSA) is 67.4 Å². The number of ether oxygens (including phenoxy) is 1. The average Bonchev–Trinajstić information content (AvgIpc) is 2.31. The van der Waals surface area contributed by atoms with Crippen molar-refractivity contribution in [2.75, 3.05) is 10.6 Å². The van der Waals surface area contributed by atoms with Crippen LogP contribution in [0.5, 0.6) is 5.75 Å². The van der Waals surface area contributed by atoms with E-state index in [1.54, 1.807) is 25.1 Å². The molecule has 0 spiro atoms. The Morgan fingerprint density at radius 1 is 1.50 bits per heavy atom. The van der Waals surface area contributed by atoms with E-state index in [1.165, 1.54) is 0 Å². The fraction of sp³-hybridized carbons (Fsp3) is 0.385. The Hall–Kier alpha value is -2.04. The van der Waals surface area contributed by atoms with E-state index in [1.807, 2.05) is 6.92 Å². The van der Waals surface area contributed by atoms with Crippen LogP contribution < -0.4 is 15.4 Å². The summed E-state index contributed by atoms with van der Waals surface area (Å²) in [6.07, 6.45) is 0.795. The fourth-order valence-corrected chi connectivity index (χ4v) is 1.74. The summed E-state index contributed by atoms with van der Waals surface area (Å²) in [5.41, 5.74) is 1.25. The lowest BCUT2D eigenvalue weighted by Crippen LogP contribution is -2.34. The molecule has 1 aromatic rings. The number of amides is 2. The van der Waals surface area contributed by atoms with E-state index in [9.17, 15) is 9.59 Å². The Morgan fingerprint density at radius 2 is 2.28 bits per heavy atom. The first-order chi connectivity index (χ1) is 8.60. The second kappa shape index (κ2) is 5.08. The van der Waals surface area contributed by atoms with Gasteiger partial charge in [-0.15, -0.1) is 0 Å². The first kappa shape index (κ1) is 12.4. The maximum atomic E-state index is 11.5. The van der Waals surface area contributed by atoms with Gasteiger partial charge in [0.2, 0.25) is 5.91 Å².